The van der Waals surface area contributed by atoms with Gasteiger partial charge in [-0.2, -0.15) is 0 Å². The molecule has 0 unspecified atom stereocenters. The predicted molar refractivity (Wildman–Crippen MR) is 80.0 cm³/mol. The number of hydrogen-bond acceptors (Lipinski definition) is 3. The molecule has 0 saturated carbocycles. The van der Waals surface area contributed by atoms with E-state index < -0.39 is 0 Å². The van der Waals surface area contributed by atoms with Gasteiger partial charge >= 0.3 is 0 Å². The van der Waals surface area contributed by atoms with E-state index in [2.05, 4.69) is 10.6 Å². The number of rotatable bonds is 6. The molecular formula is C15H22N2O3. The van der Waals surface area contributed by atoms with Crippen LogP contribution >= 0.6 is 0 Å². The van der Waals surface area contributed by atoms with Gasteiger partial charge in [-0.1, -0.05) is 20.3 Å². The number of benzene rings is 1. The molecule has 0 aromatic heterocycles. The molecule has 0 heterocycles. The largest absolute Gasteiger partial charge is 0.495 e. The second-order valence-electron chi connectivity index (χ2n) is 4.78. The van der Waals surface area contributed by atoms with E-state index in [1.54, 1.807) is 25.3 Å². The Hall–Kier alpha value is -2.04. The Morgan fingerprint density at radius 2 is 2.00 bits per heavy atom. The summed E-state index contributed by atoms with van der Waals surface area (Å²) in [6.07, 6.45) is 1.79. The van der Waals surface area contributed by atoms with Gasteiger partial charge in [0.05, 0.1) is 12.8 Å². The lowest BCUT2D eigenvalue weighted by atomic mass is 10.1. The molecule has 110 valence electrons. The summed E-state index contributed by atoms with van der Waals surface area (Å²) < 4.78 is 5.22. The number of carbonyl (C=O) groups excluding carboxylic acids is 2. The third-order valence-corrected chi connectivity index (χ3v) is 2.95. The maximum Gasteiger partial charge on any atom is 0.227 e. The summed E-state index contributed by atoms with van der Waals surface area (Å²) in [6.45, 7) is 5.37. The molecule has 0 fully saturated rings. The van der Waals surface area contributed by atoms with Crippen molar-refractivity contribution in [1.82, 2.24) is 0 Å². The summed E-state index contributed by atoms with van der Waals surface area (Å²) in [6, 6.07) is 5.13. The van der Waals surface area contributed by atoms with E-state index in [0.717, 1.165) is 12.8 Å². The molecule has 0 spiro atoms. The van der Waals surface area contributed by atoms with E-state index in [4.69, 9.17) is 4.74 Å². The molecule has 2 N–H and O–H groups in total. The summed E-state index contributed by atoms with van der Waals surface area (Å²) in [5.41, 5.74) is 1.18. The van der Waals surface area contributed by atoms with Crippen molar-refractivity contribution in [3.05, 3.63) is 18.2 Å². The van der Waals surface area contributed by atoms with Crippen molar-refractivity contribution in [3.8, 4) is 5.75 Å². The van der Waals surface area contributed by atoms with E-state index in [-0.39, 0.29) is 17.7 Å². The second kappa shape index (κ2) is 7.53. The first-order valence-corrected chi connectivity index (χ1v) is 6.74. The SMILES string of the molecule is CCC[C@@H](C)C(=O)Nc1cc(NC(C)=O)ccc1OC. The van der Waals surface area contributed by atoms with Crippen LogP contribution in [0, 0.1) is 5.92 Å². The number of methoxy groups -OCH3 is 1. The van der Waals surface area contributed by atoms with E-state index in [1.165, 1.54) is 6.92 Å². The highest BCUT2D eigenvalue weighted by Gasteiger charge is 2.14. The Kier molecular flexibility index (Phi) is 6.03. The van der Waals surface area contributed by atoms with Crippen LogP contribution in [-0.4, -0.2) is 18.9 Å². The number of hydrogen-bond donors (Lipinski definition) is 2. The van der Waals surface area contributed by atoms with Crippen molar-refractivity contribution < 1.29 is 14.3 Å². The van der Waals surface area contributed by atoms with Gasteiger partial charge < -0.3 is 15.4 Å². The fourth-order valence-corrected chi connectivity index (χ4v) is 1.91. The van der Waals surface area contributed by atoms with Gasteiger partial charge in [0.2, 0.25) is 11.8 Å². The minimum Gasteiger partial charge on any atom is -0.495 e. The van der Waals surface area contributed by atoms with Crippen LogP contribution in [0.3, 0.4) is 0 Å². The van der Waals surface area contributed by atoms with Crippen molar-refractivity contribution in [2.24, 2.45) is 5.92 Å². The topological polar surface area (TPSA) is 67.4 Å². The highest BCUT2D eigenvalue weighted by Crippen LogP contribution is 2.28. The summed E-state index contributed by atoms with van der Waals surface area (Å²) >= 11 is 0. The van der Waals surface area contributed by atoms with Crippen LogP contribution < -0.4 is 15.4 Å². The second-order valence-corrected chi connectivity index (χ2v) is 4.78. The van der Waals surface area contributed by atoms with Crippen LogP contribution in [-0.2, 0) is 9.59 Å². The summed E-state index contributed by atoms with van der Waals surface area (Å²) in [4.78, 5) is 23.1. The van der Waals surface area contributed by atoms with Crippen molar-refractivity contribution in [2.45, 2.75) is 33.6 Å². The number of carbonyl (C=O) groups is 2. The fourth-order valence-electron chi connectivity index (χ4n) is 1.91. The summed E-state index contributed by atoms with van der Waals surface area (Å²) in [5, 5.41) is 5.52. The fraction of sp³-hybridized carbons (Fsp3) is 0.467. The Labute approximate surface area is 119 Å². The standard InChI is InChI=1S/C15H22N2O3/c1-5-6-10(2)15(19)17-13-9-12(16-11(3)18)7-8-14(13)20-4/h7-10H,5-6H2,1-4H3,(H,16,18)(H,17,19)/t10-/m1/s1. The zero-order valence-corrected chi connectivity index (χ0v) is 12.4. The van der Waals surface area contributed by atoms with Gasteiger partial charge in [-0.25, -0.2) is 0 Å². The number of ether oxygens (including phenoxy) is 1. The lowest BCUT2D eigenvalue weighted by molar-refractivity contribution is -0.119. The van der Waals surface area contributed by atoms with Crippen LogP contribution in [0.5, 0.6) is 5.75 Å². The lowest BCUT2D eigenvalue weighted by Crippen LogP contribution is -2.20. The predicted octanol–water partition coefficient (Wildman–Crippen LogP) is 3.03. The molecular weight excluding hydrogens is 256 g/mol. The molecule has 20 heavy (non-hydrogen) atoms. The quantitative estimate of drug-likeness (QED) is 0.840. The Morgan fingerprint density at radius 3 is 2.55 bits per heavy atom. The van der Waals surface area contributed by atoms with Gasteiger partial charge in [0.25, 0.3) is 0 Å². The first-order chi connectivity index (χ1) is 9.47. The van der Waals surface area contributed by atoms with Crippen molar-refractivity contribution in [1.29, 1.82) is 0 Å². The van der Waals surface area contributed by atoms with Crippen molar-refractivity contribution in [2.75, 3.05) is 17.7 Å². The van der Waals surface area contributed by atoms with Crippen LogP contribution in [0.1, 0.15) is 33.6 Å². The van der Waals surface area contributed by atoms with Gasteiger partial charge in [0, 0.05) is 18.5 Å². The van der Waals surface area contributed by atoms with Gasteiger partial charge in [-0.15, -0.1) is 0 Å². The first-order valence-electron chi connectivity index (χ1n) is 6.74. The minimum absolute atomic E-state index is 0.0508. The molecule has 0 aliphatic carbocycles. The van der Waals surface area contributed by atoms with Crippen LogP contribution in [0.15, 0.2) is 18.2 Å². The molecule has 1 aromatic carbocycles. The molecule has 5 nitrogen and oxygen atoms in total. The number of anilines is 2. The maximum atomic E-state index is 12.1. The number of nitrogens with one attached hydrogen (secondary N) is 2. The van der Waals surface area contributed by atoms with Crippen molar-refractivity contribution >= 4 is 23.2 Å². The van der Waals surface area contributed by atoms with Crippen LogP contribution in [0.2, 0.25) is 0 Å². The molecule has 1 aromatic rings. The third-order valence-electron chi connectivity index (χ3n) is 2.95. The molecule has 1 atom stereocenters. The monoisotopic (exact) mass is 278 g/mol. The summed E-state index contributed by atoms with van der Waals surface area (Å²) in [7, 11) is 1.54. The van der Waals surface area contributed by atoms with Crippen LogP contribution in [0.4, 0.5) is 11.4 Å². The zero-order chi connectivity index (χ0) is 15.1. The van der Waals surface area contributed by atoms with E-state index in [1.807, 2.05) is 13.8 Å². The van der Waals surface area contributed by atoms with Crippen LogP contribution in [0.25, 0.3) is 0 Å². The van der Waals surface area contributed by atoms with Gasteiger partial charge in [-0.3, -0.25) is 9.59 Å². The number of amides is 2. The molecule has 0 aliphatic rings. The molecule has 0 saturated heterocycles. The van der Waals surface area contributed by atoms with E-state index >= 15 is 0 Å². The third kappa shape index (κ3) is 4.57. The van der Waals surface area contributed by atoms with E-state index in [9.17, 15) is 9.59 Å². The Bertz CT molecular complexity index is 486. The Balaban J connectivity index is 2.90. The average molecular weight is 278 g/mol. The highest BCUT2D eigenvalue weighted by atomic mass is 16.5. The smallest absolute Gasteiger partial charge is 0.227 e. The molecule has 0 radical (unpaired) electrons. The van der Waals surface area contributed by atoms with Crippen molar-refractivity contribution in [3.63, 3.8) is 0 Å². The molecule has 0 aliphatic heterocycles. The summed E-state index contributed by atoms with van der Waals surface area (Å²) in [5.74, 6) is 0.294. The highest BCUT2D eigenvalue weighted by molar-refractivity contribution is 5.95. The first kappa shape index (κ1) is 16.0. The van der Waals surface area contributed by atoms with E-state index in [0.29, 0.717) is 17.1 Å². The molecule has 5 heteroatoms. The lowest BCUT2D eigenvalue weighted by Gasteiger charge is -2.15. The van der Waals surface area contributed by atoms with Gasteiger partial charge in [0.15, 0.2) is 0 Å². The normalized spacial score (nSPS) is 11.6. The minimum atomic E-state index is -0.160. The molecule has 1 rings (SSSR count). The molecule has 0 bridgehead atoms. The maximum absolute atomic E-state index is 12.1. The Morgan fingerprint density at radius 1 is 1.30 bits per heavy atom. The zero-order valence-electron chi connectivity index (χ0n) is 12.4. The van der Waals surface area contributed by atoms with Gasteiger partial charge in [0.1, 0.15) is 5.75 Å². The molecule has 2 amide bonds. The van der Waals surface area contributed by atoms with Gasteiger partial charge in [-0.05, 0) is 24.6 Å². The average Bonchev–Trinajstić information content (AvgIpc) is 2.38.